The molecule has 4 unspecified atom stereocenters. The van der Waals surface area contributed by atoms with E-state index in [0.29, 0.717) is 44.4 Å². The number of carbonyl (C=O) groups is 4. The van der Waals surface area contributed by atoms with Gasteiger partial charge < -0.3 is 44.0 Å². The molecule has 196 valence electrons. The number of nitrogens with zero attached hydrogens (tertiary/aromatic N) is 1. The number of hydrogen-bond donors (Lipinski definition) is 8. The molecule has 0 aliphatic carbocycles. The van der Waals surface area contributed by atoms with Crippen LogP contribution in [0, 0.1) is 0 Å². The number of nitrogens with two attached hydrogens (primary N) is 4. The summed E-state index contributed by atoms with van der Waals surface area (Å²) in [6.45, 7) is 1.96. The molecule has 0 spiro atoms. The van der Waals surface area contributed by atoms with Crippen LogP contribution in [0.3, 0.4) is 0 Å². The Morgan fingerprint density at radius 1 is 0.912 bits per heavy atom. The van der Waals surface area contributed by atoms with Crippen LogP contribution >= 0.6 is 11.8 Å². The highest BCUT2D eigenvalue weighted by Gasteiger charge is 2.29. The summed E-state index contributed by atoms with van der Waals surface area (Å²) in [4.78, 5) is 53.1. The first kappa shape index (κ1) is 31.4. The van der Waals surface area contributed by atoms with E-state index in [9.17, 15) is 19.2 Å². The summed E-state index contributed by atoms with van der Waals surface area (Å²) in [7, 11) is 0. The van der Waals surface area contributed by atoms with E-state index in [1.807, 2.05) is 6.26 Å². The Morgan fingerprint density at radius 3 is 2.00 bits per heavy atom. The molecular weight excluding hydrogens is 464 g/mol. The van der Waals surface area contributed by atoms with Crippen molar-refractivity contribution in [2.24, 2.45) is 27.9 Å². The summed E-state index contributed by atoms with van der Waals surface area (Å²) >= 11 is 1.55. The van der Waals surface area contributed by atoms with Crippen molar-refractivity contribution in [1.29, 1.82) is 0 Å². The lowest BCUT2D eigenvalue weighted by Crippen LogP contribution is -2.56. The Labute approximate surface area is 204 Å². The molecule has 0 aliphatic heterocycles. The van der Waals surface area contributed by atoms with Gasteiger partial charge in [0.15, 0.2) is 5.96 Å². The minimum absolute atomic E-state index is 0.106. The molecule has 34 heavy (non-hydrogen) atoms. The van der Waals surface area contributed by atoms with Crippen molar-refractivity contribution >= 4 is 41.4 Å². The molecule has 0 radical (unpaired) electrons. The van der Waals surface area contributed by atoms with Gasteiger partial charge in [0.1, 0.15) is 18.1 Å². The highest BCUT2D eigenvalue weighted by Crippen LogP contribution is 2.06. The molecule has 4 atom stereocenters. The number of hydrogen-bond acceptors (Lipinski definition) is 8. The van der Waals surface area contributed by atoms with E-state index in [1.165, 1.54) is 6.92 Å². The number of nitrogens with one attached hydrogen (secondary N) is 3. The molecule has 13 nitrogen and oxygen atoms in total. The van der Waals surface area contributed by atoms with Crippen LogP contribution in [0.1, 0.15) is 45.4 Å². The minimum Gasteiger partial charge on any atom is -0.480 e. The lowest BCUT2D eigenvalue weighted by atomic mass is 10.1. The first-order chi connectivity index (χ1) is 16.0. The molecule has 0 aliphatic rings. The maximum atomic E-state index is 13.0. The van der Waals surface area contributed by atoms with Crippen LogP contribution in [0.2, 0.25) is 0 Å². The lowest BCUT2D eigenvalue weighted by Gasteiger charge is -2.25. The summed E-state index contributed by atoms with van der Waals surface area (Å²) in [6, 6.07) is -3.90. The van der Waals surface area contributed by atoms with Crippen LogP contribution in [0.15, 0.2) is 4.99 Å². The zero-order chi connectivity index (χ0) is 26.1. The van der Waals surface area contributed by atoms with Crippen molar-refractivity contribution < 1.29 is 24.3 Å². The van der Waals surface area contributed by atoms with Gasteiger partial charge in [0.25, 0.3) is 0 Å². The summed E-state index contributed by atoms with van der Waals surface area (Å²) in [5, 5.41) is 16.7. The van der Waals surface area contributed by atoms with Crippen LogP contribution in [-0.4, -0.2) is 84.0 Å². The number of guanidine groups is 1. The van der Waals surface area contributed by atoms with Gasteiger partial charge in [-0.2, -0.15) is 11.8 Å². The van der Waals surface area contributed by atoms with Crippen molar-refractivity contribution in [2.45, 2.75) is 69.6 Å². The fourth-order valence-corrected chi connectivity index (χ4v) is 3.33. The molecule has 0 bridgehead atoms. The van der Waals surface area contributed by atoms with Gasteiger partial charge in [-0.25, -0.2) is 0 Å². The molecule has 0 aromatic carbocycles. The Kier molecular flexibility index (Phi) is 16.5. The summed E-state index contributed by atoms with van der Waals surface area (Å²) in [5.74, 6) is -2.34. The quantitative estimate of drug-likeness (QED) is 0.0569. The molecule has 0 rings (SSSR count). The fourth-order valence-electron chi connectivity index (χ4n) is 2.84. The molecule has 0 aromatic heterocycles. The normalized spacial score (nSPS) is 14.2. The Hall–Kier alpha value is -2.58. The lowest BCUT2D eigenvalue weighted by molar-refractivity contribution is -0.141. The zero-order valence-electron chi connectivity index (χ0n) is 19.9. The van der Waals surface area contributed by atoms with Gasteiger partial charge in [0.2, 0.25) is 17.7 Å². The Morgan fingerprint density at radius 2 is 1.47 bits per heavy atom. The van der Waals surface area contributed by atoms with Crippen molar-refractivity contribution in [1.82, 2.24) is 16.0 Å². The summed E-state index contributed by atoms with van der Waals surface area (Å²) in [6.07, 6.45) is 4.38. The van der Waals surface area contributed by atoms with Gasteiger partial charge in [-0.3, -0.25) is 24.2 Å². The number of carboxylic acids is 1. The summed E-state index contributed by atoms with van der Waals surface area (Å²) < 4.78 is 0. The van der Waals surface area contributed by atoms with E-state index in [0.717, 1.165) is 0 Å². The van der Waals surface area contributed by atoms with Crippen LogP contribution in [0.4, 0.5) is 0 Å². The van der Waals surface area contributed by atoms with Crippen LogP contribution in [0.5, 0.6) is 0 Å². The molecule has 0 fully saturated rings. The number of aliphatic carboxylic acids is 1. The van der Waals surface area contributed by atoms with Gasteiger partial charge in [0.05, 0.1) is 6.04 Å². The fraction of sp³-hybridized carbons (Fsp3) is 0.750. The van der Waals surface area contributed by atoms with Crippen molar-refractivity contribution in [3.63, 3.8) is 0 Å². The van der Waals surface area contributed by atoms with Gasteiger partial charge in [-0.15, -0.1) is 0 Å². The number of amides is 3. The summed E-state index contributed by atoms with van der Waals surface area (Å²) in [5.41, 5.74) is 22.1. The van der Waals surface area contributed by atoms with Crippen LogP contribution < -0.4 is 38.9 Å². The number of carbonyl (C=O) groups excluding carboxylic acids is 3. The standard InChI is InChI=1S/C20H40N8O5S/c1-12(19(32)33)26-17(30)15(7-5-10-25-20(23)24)28-18(31)14(6-3-4-9-21)27-16(29)13(22)8-11-34-2/h12-15H,3-11,21-22H2,1-2H3,(H,26,30)(H,27,29)(H,28,31)(H,32,33)(H4,23,24,25). The number of unbranched alkanes of at least 4 members (excludes halogenated alkanes) is 1. The van der Waals surface area contributed by atoms with E-state index in [-0.39, 0.29) is 18.9 Å². The van der Waals surface area contributed by atoms with E-state index in [2.05, 4.69) is 20.9 Å². The average molecular weight is 505 g/mol. The second kappa shape index (κ2) is 17.8. The van der Waals surface area contributed by atoms with Crippen LogP contribution in [-0.2, 0) is 19.2 Å². The van der Waals surface area contributed by atoms with Crippen LogP contribution in [0.25, 0.3) is 0 Å². The molecular formula is C20H40N8O5S. The topological polar surface area (TPSA) is 241 Å². The number of rotatable bonds is 18. The highest BCUT2D eigenvalue weighted by molar-refractivity contribution is 7.98. The van der Waals surface area contributed by atoms with Crippen molar-refractivity contribution in [3.05, 3.63) is 0 Å². The molecule has 0 heterocycles. The monoisotopic (exact) mass is 504 g/mol. The average Bonchev–Trinajstić information content (AvgIpc) is 2.78. The Bertz CT molecular complexity index is 690. The zero-order valence-corrected chi connectivity index (χ0v) is 20.7. The van der Waals surface area contributed by atoms with E-state index < -0.39 is 47.9 Å². The van der Waals surface area contributed by atoms with E-state index in [4.69, 9.17) is 28.0 Å². The Balaban J connectivity index is 5.40. The molecule has 0 aromatic rings. The maximum absolute atomic E-state index is 13.0. The third kappa shape index (κ3) is 13.9. The molecule has 0 saturated heterocycles. The van der Waals surface area contributed by atoms with Gasteiger partial charge in [0, 0.05) is 6.54 Å². The first-order valence-electron chi connectivity index (χ1n) is 11.2. The molecule has 3 amide bonds. The molecule has 12 N–H and O–H groups in total. The highest BCUT2D eigenvalue weighted by atomic mass is 32.2. The largest absolute Gasteiger partial charge is 0.480 e. The van der Waals surface area contributed by atoms with Gasteiger partial charge in [-0.1, -0.05) is 0 Å². The SMILES string of the molecule is CSCCC(N)C(=O)NC(CCCCN)C(=O)NC(CCCN=C(N)N)C(=O)NC(C)C(=O)O. The predicted octanol–water partition coefficient (Wildman–Crippen LogP) is -2.19. The van der Waals surface area contributed by atoms with Crippen molar-refractivity contribution in [3.8, 4) is 0 Å². The second-order valence-corrected chi connectivity index (χ2v) is 8.80. The minimum atomic E-state index is -1.22. The van der Waals surface area contributed by atoms with Gasteiger partial charge in [-0.05, 0) is 64.0 Å². The molecule has 14 heteroatoms. The third-order valence-electron chi connectivity index (χ3n) is 4.86. The maximum Gasteiger partial charge on any atom is 0.325 e. The number of carboxylic acid groups (broad SMARTS) is 1. The van der Waals surface area contributed by atoms with E-state index in [1.54, 1.807) is 11.8 Å². The first-order valence-corrected chi connectivity index (χ1v) is 12.6. The predicted molar refractivity (Wildman–Crippen MR) is 133 cm³/mol. The number of thioether (sulfide) groups is 1. The second-order valence-electron chi connectivity index (χ2n) is 7.81. The number of aliphatic imine (C=N–C) groups is 1. The third-order valence-corrected chi connectivity index (χ3v) is 5.50. The van der Waals surface area contributed by atoms with Crippen molar-refractivity contribution in [2.75, 3.05) is 25.1 Å². The molecule has 0 saturated carbocycles. The van der Waals surface area contributed by atoms with Gasteiger partial charge >= 0.3 is 5.97 Å². The smallest absolute Gasteiger partial charge is 0.325 e. The van der Waals surface area contributed by atoms with E-state index >= 15 is 0 Å².